The highest BCUT2D eigenvalue weighted by Gasteiger charge is 2.14. The molecule has 0 aromatic carbocycles. The Hall–Kier alpha value is -1.36. The lowest BCUT2D eigenvalue weighted by molar-refractivity contribution is -0.122. The van der Waals surface area contributed by atoms with Crippen LogP contribution in [0.15, 0.2) is 0 Å². The van der Waals surface area contributed by atoms with Crippen LogP contribution in [0.3, 0.4) is 0 Å². The van der Waals surface area contributed by atoms with Crippen LogP contribution in [0.1, 0.15) is 44.1 Å². The number of aromatic nitrogens is 2. The summed E-state index contributed by atoms with van der Waals surface area (Å²) in [6, 6.07) is 0.0494. The summed E-state index contributed by atoms with van der Waals surface area (Å²) >= 11 is 0. The van der Waals surface area contributed by atoms with Crippen LogP contribution in [-0.2, 0) is 22.5 Å². The zero-order valence-electron chi connectivity index (χ0n) is 14.2. The highest BCUT2D eigenvalue weighted by atomic mass is 16.5. The van der Waals surface area contributed by atoms with Crippen molar-refractivity contribution in [1.29, 1.82) is 0 Å². The van der Waals surface area contributed by atoms with Gasteiger partial charge in [0.25, 0.3) is 0 Å². The molecule has 120 valence electrons. The first-order valence-electron chi connectivity index (χ1n) is 7.66. The highest BCUT2D eigenvalue weighted by molar-refractivity contribution is 5.76. The average molecular weight is 295 g/mol. The monoisotopic (exact) mass is 295 g/mol. The molecule has 21 heavy (non-hydrogen) atoms. The summed E-state index contributed by atoms with van der Waals surface area (Å²) in [5, 5.41) is 7.52. The molecule has 0 aliphatic rings. The fourth-order valence-electron chi connectivity index (χ4n) is 2.50. The normalized spacial score (nSPS) is 12.7. The van der Waals surface area contributed by atoms with Gasteiger partial charge in [0.2, 0.25) is 5.91 Å². The number of carbonyl (C=O) groups is 1. The first kappa shape index (κ1) is 17.7. The van der Waals surface area contributed by atoms with E-state index in [1.807, 2.05) is 13.8 Å². The molecule has 0 saturated carbocycles. The smallest absolute Gasteiger partial charge is 0.220 e. The van der Waals surface area contributed by atoms with Crippen molar-refractivity contribution >= 4 is 5.91 Å². The fraction of sp³-hybridized carbons (Fsp3) is 0.750. The molecule has 1 aromatic rings. The average Bonchev–Trinajstić information content (AvgIpc) is 2.61. The van der Waals surface area contributed by atoms with Gasteiger partial charge in [0.05, 0.1) is 12.3 Å². The van der Waals surface area contributed by atoms with Crippen LogP contribution < -0.4 is 5.32 Å². The minimum atomic E-state index is 0.0494. The number of hydrogen-bond donors (Lipinski definition) is 1. The Morgan fingerprint density at radius 2 is 2.00 bits per heavy atom. The van der Waals surface area contributed by atoms with Crippen molar-refractivity contribution in [1.82, 2.24) is 15.1 Å². The molecule has 0 aliphatic carbocycles. The Morgan fingerprint density at radius 3 is 2.57 bits per heavy atom. The van der Waals surface area contributed by atoms with Gasteiger partial charge in [0.1, 0.15) is 0 Å². The summed E-state index contributed by atoms with van der Waals surface area (Å²) < 4.78 is 7.07. The lowest BCUT2D eigenvalue weighted by atomic mass is 10.1. The lowest BCUT2D eigenvalue weighted by Crippen LogP contribution is -2.35. The minimum absolute atomic E-state index is 0.0494. The highest BCUT2D eigenvalue weighted by Crippen LogP contribution is 2.16. The number of hydrogen-bond acceptors (Lipinski definition) is 3. The van der Waals surface area contributed by atoms with Gasteiger partial charge < -0.3 is 10.1 Å². The summed E-state index contributed by atoms with van der Waals surface area (Å²) in [4.78, 5) is 11.9. The summed E-state index contributed by atoms with van der Waals surface area (Å²) in [6.07, 6.45) is 1.23. The maximum atomic E-state index is 11.9. The van der Waals surface area contributed by atoms with Gasteiger partial charge in [-0.1, -0.05) is 13.8 Å². The summed E-state index contributed by atoms with van der Waals surface area (Å²) in [5.41, 5.74) is 3.41. The van der Waals surface area contributed by atoms with Crippen molar-refractivity contribution in [3.8, 4) is 0 Å². The van der Waals surface area contributed by atoms with E-state index < -0.39 is 0 Å². The van der Waals surface area contributed by atoms with Gasteiger partial charge in [-0.15, -0.1) is 0 Å². The van der Waals surface area contributed by atoms with Crippen molar-refractivity contribution in [2.45, 2.75) is 60.0 Å². The molecule has 5 nitrogen and oxygen atoms in total. The molecule has 1 aromatic heterocycles. The van der Waals surface area contributed by atoms with Crippen LogP contribution in [0.4, 0.5) is 0 Å². The molecule has 0 spiro atoms. The second kappa shape index (κ2) is 8.17. The Balaban J connectivity index is 2.59. The topological polar surface area (TPSA) is 56.1 Å². The van der Waals surface area contributed by atoms with E-state index in [-0.39, 0.29) is 11.9 Å². The predicted octanol–water partition coefficient (Wildman–Crippen LogP) is 2.24. The largest absolute Gasteiger partial charge is 0.383 e. The van der Waals surface area contributed by atoms with Crippen LogP contribution in [0.2, 0.25) is 0 Å². The van der Waals surface area contributed by atoms with Gasteiger partial charge in [0, 0.05) is 31.8 Å². The molecule has 1 amide bonds. The lowest BCUT2D eigenvalue weighted by Gasteiger charge is -2.12. The molecule has 0 unspecified atom stereocenters. The molecule has 1 heterocycles. The number of carbonyl (C=O) groups excluding carboxylic acids is 1. The first-order chi connectivity index (χ1) is 9.85. The van der Waals surface area contributed by atoms with Crippen molar-refractivity contribution in [2.75, 3.05) is 13.7 Å². The number of ether oxygens (including phenoxy) is 1. The van der Waals surface area contributed by atoms with Gasteiger partial charge in [-0.25, -0.2) is 0 Å². The zero-order valence-corrected chi connectivity index (χ0v) is 14.2. The molecule has 1 rings (SSSR count). The van der Waals surface area contributed by atoms with Gasteiger partial charge in [-0.05, 0) is 38.7 Å². The Bertz CT molecular complexity index is 466. The van der Waals surface area contributed by atoms with Crippen LogP contribution >= 0.6 is 0 Å². The molecular formula is C16H29N3O2. The zero-order chi connectivity index (χ0) is 16.0. The van der Waals surface area contributed by atoms with Gasteiger partial charge in [-0.2, -0.15) is 5.10 Å². The van der Waals surface area contributed by atoms with E-state index in [2.05, 4.69) is 35.9 Å². The van der Waals surface area contributed by atoms with Crippen LogP contribution in [0.25, 0.3) is 0 Å². The number of aryl methyl sites for hydroxylation is 1. The maximum absolute atomic E-state index is 11.9. The second-order valence-electron chi connectivity index (χ2n) is 6.15. The molecule has 0 bridgehead atoms. The summed E-state index contributed by atoms with van der Waals surface area (Å²) in [5.74, 6) is 0.629. The fourth-order valence-corrected chi connectivity index (χ4v) is 2.50. The molecule has 5 heteroatoms. The van der Waals surface area contributed by atoms with Crippen molar-refractivity contribution in [3.05, 3.63) is 17.0 Å². The number of methoxy groups -OCH3 is 1. The van der Waals surface area contributed by atoms with E-state index in [1.165, 1.54) is 11.3 Å². The minimum Gasteiger partial charge on any atom is -0.383 e. The predicted molar refractivity (Wildman–Crippen MR) is 84.3 cm³/mol. The standard InChI is InChI=1S/C16H29N3O2/c1-11(2)9-19-14(5)15(13(4)18-19)7-8-16(20)17-12(3)10-21-6/h11-12H,7-10H2,1-6H3,(H,17,20)/t12-/m0/s1. The van der Waals surface area contributed by atoms with Gasteiger partial charge >= 0.3 is 0 Å². The Morgan fingerprint density at radius 1 is 1.33 bits per heavy atom. The first-order valence-corrected chi connectivity index (χ1v) is 7.66. The Kier molecular flexibility index (Phi) is 6.89. The van der Waals surface area contributed by atoms with Crippen molar-refractivity contribution in [3.63, 3.8) is 0 Å². The summed E-state index contributed by atoms with van der Waals surface area (Å²) in [6.45, 7) is 11.9. The van der Waals surface area contributed by atoms with Gasteiger partial charge in [-0.3, -0.25) is 9.48 Å². The molecule has 0 radical (unpaired) electrons. The number of rotatable bonds is 8. The van der Waals surface area contributed by atoms with Gasteiger partial charge in [0.15, 0.2) is 0 Å². The number of amides is 1. The SMILES string of the molecule is COC[C@H](C)NC(=O)CCc1c(C)nn(CC(C)C)c1C. The third-order valence-corrected chi connectivity index (χ3v) is 3.50. The second-order valence-corrected chi connectivity index (χ2v) is 6.15. The van der Waals surface area contributed by atoms with Crippen molar-refractivity contribution < 1.29 is 9.53 Å². The third kappa shape index (κ3) is 5.50. The van der Waals surface area contributed by atoms with Crippen LogP contribution in [0, 0.1) is 19.8 Å². The summed E-state index contributed by atoms with van der Waals surface area (Å²) in [7, 11) is 1.64. The van der Waals surface area contributed by atoms with E-state index >= 15 is 0 Å². The molecule has 1 N–H and O–H groups in total. The van der Waals surface area contributed by atoms with Crippen LogP contribution in [-0.4, -0.2) is 35.4 Å². The van der Waals surface area contributed by atoms with E-state index in [9.17, 15) is 4.79 Å². The molecule has 0 fully saturated rings. The maximum Gasteiger partial charge on any atom is 0.220 e. The van der Waals surface area contributed by atoms with E-state index in [0.717, 1.165) is 18.7 Å². The van der Waals surface area contributed by atoms with E-state index in [0.29, 0.717) is 18.9 Å². The Labute approximate surface area is 128 Å². The quantitative estimate of drug-likeness (QED) is 0.800. The molecule has 0 saturated heterocycles. The van der Waals surface area contributed by atoms with Crippen molar-refractivity contribution in [2.24, 2.45) is 5.92 Å². The van der Waals surface area contributed by atoms with Crippen LogP contribution in [0.5, 0.6) is 0 Å². The third-order valence-electron chi connectivity index (χ3n) is 3.50. The van der Waals surface area contributed by atoms with E-state index in [4.69, 9.17) is 4.74 Å². The molecule has 1 atom stereocenters. The van der Waals surface area contributed by atoms with E-state index in [1.54, 1.807) is 7.11 Å². The molecule has 0 aliphatic heterocycles. The number of nitrogens with zero attached hydrogens (tertiary/aromatic N) is 2. The number of nitrogens with one attached hydrogen (secondary N) is 1. The molecular weight excluding hydrogens is 266 g/mol.